The second kappa shape index (κ2) is 8.27. The highest BCUT2D eigenvalue weighted by Crippen LogP contribution is 2.34. The van der Waals surface area contributed by atoms with E-state index in [0.717, 1.165) is 38.8 Å². The Morgan fingerprint density at radius 3 is 2.63 bits per heavy atom. The van der Waals surface area contributed by atoms with E-state index in [9.17, 15) is 0 Å². The van der Waals surface area contributed by atoms with Crippen LogP contribution >= 0.6 is 11.3 Å². The van der Waals surface area contributed by atoms with Gasteiger partial charge in [0.15, 0.2) is 4.80 Å². The molecule has 4 nitrogen and oxygen atoms in total. The molecule has 0 fully saturated rings. The van der Waals surface area contributed by atoms with Gasteiger partial charge in [-0.05, 0) is 49.2 Å². The molecule has 0 radical (unpaired) electrons. The van der Waals surface area contributed by atoms with Crippen molar-refractivity contribution in [3.8, 4) is 22.8 Å². The van der Waals surface area contributed by atoms with Gasteiger partial charge >= 0.3 is 0 Å². The zero-order valence-electron chi connectivity index (χ0n) is 16.2. The molecule has 140 valence electrons. The Kier molecular flexibility index (Phi) is 5.81. The van der Waals surface area contributed by atoms with Crippen molar-refractivity contribution in [1.82, 2.24) is 4.57 Å². The monoisotopic (exact) mass is 380 g/mol. The maximum absolute atomic E-state index is 5.57. The average Bonchev–Trinajstić information content (AvgIpc) is 3.06. The lowest BCUT2D eigenvalue weighted by Crippen LogP contribution is -2.15. The third kappa shape index (κ3) is 3.98. The van der Waals surface area contributed by atoms with Crippen molar-refractivity contribution in [3.63, 3.8) is 0 Å². The van der Waals surface area contributed by atoms with Crippen LogP contribution in [0.1, 0.15) is 11.1 Å². The molecule has 0 N–H and O–H groups in total. The summed E-state index contributed by atoms with van der Waals surface area (Å²) in [4.78, 5) is 5.85. The van der Waals surface area contributed by atoms with E-state index in [0.29, 0.717) is 6.54 Å². The van der Waals surface area contributed by atoms with Crippen LogP contribution in [0.25, 0.3) is 11.3 Å². The fourth-order valence-electron chi connectivity index (χ4n) is 2.90. The third-order valence-corrected chi connectivity index (χ3v) is 5.24. The molecule has 0 spiro atoms. The molecule has 0 atom stereocenters. The first kappa shape index (κ1) is 19.0. The van der Waals surface area contributed by atoms with Crippen molar-refractivity contribution in [2.75, 3.05) is 14.2 Å². The molecule has 2 aromatic carbocycles. The SMILES string of the molecule is C=CCn1c(-c2cc(OC)ccc2OC)csc1=Nc1cc(C)ccc1C. The topological polar surface area (TPSA) is 35.8 Å². The van der Waals surface area contributed by atoms with Crippen LogP contribution in [0, 0.1) is 13.8 Å². The van der Waals surface area contributed by atoms with E-state index >= 15 is 0 Å². The lowest BCUT2D eigenvalue weighted by Gasteiger charge is -2.12. The van der Waals surface area contributed by atoms with Gasteiger partial charge in [-0.3, -0.25) is 0 Å². The van der Waals surface area contributed by atoms with E-state index in [4.69, 9.17) is 14.5 Å². The van der Waals surface area contributed by atoms with Gasteiger partial charge < -0.3 is 14.0 Å². The number of allylic oxidation sites excluding steroid dienone is 1. The van der Waals surface area contributed by atoms with Gasteiger partial charge in [0.2, 0.25) is 0 Å². The Labute approximate surface area is 164 Å². The Morgan fingerprint density at radius 1 is 1.11 bits per heavy atom. The Bertz CT molecular complexity index is 1030. The van der Waals surface area contributed by atoms with Gasteiger partial charge in [0.05, 0.1) is 25.6 Å². The van der Waals surface area contributed by atoms with Gasteiger partial charge in [-0.2, -0.15) is 0 Å². The van der Waals surface area contributed by atoms with Crippen LogP contribution in [0.5, 0.6) is 11.5 Å². The van der Waals surface area contributed by atoms with Gasteiger partial charge in [0.25, 0.3) is 0 Å². The zero-order chi connectivity index (χ0) is 19.4. The third-order valence-electron chi connectivity index (χ3n) is 4.37. The molecule has 0 aliphatic carbocycles. The van der Waals surface area contributed by atoms with Crippen LogP contribution in [-0.4, -0.2) is 18.8 Å². The van der Waals surface area contributed by atoms with Crippen LogP contribution in [0.2, 0.25) is 0 Å². The number of aromatic nitrogens is 1. The van der Waals surface area contributed by atoms with Crippen molar-refractivity contribution in [1.29, 1.82) is 0 Å². The minimum Gasteiger partial charge on any atom is -0.497 e. The molecule has 3 rings (SSSR count). The van der Waals surface area contributed by atoms with Gasteiger partial charge in [0.1, 0.15) is 11.5 Å². The number of thiazole rings is 1. The lowest BCUT2D eigenvalue weighted by molar-refractivity contribution is 0.404. The number of rotatable bonds is 6. The molecule has 0 aliphatic rings. The van der Waals surface area contributed by atoms with E-state index in [-0.39, 0.29) is 0 Å². The Morgan fingerprint density at radius 2 is 1.93 bits per heavy atom. The number of benzene rings is 2. The van der Waals surface area contributed by atoms with E-state index in [1.807, 2.05) is 24.3 Å². The number of nitrogens with zero attached hydrogens (tertiary/aromatic N) is 2. The van der Waals surface area contributed by atoms with E-state index in [2.05, 4.69) is 48.6 Å². The normalized spacial score (nSPS) is 11.5. The van der Waals surface area contributed by atoms with Crippen molar-refractivity contribution >= 4 is 17.0 Å². The van der Waals surface area contributed by atoms with Crippen molar-refractivity contribution < 1.29 is 9.47 Å². The molecule has 0 aliphatic heterocycles. The van der Waals surface area contributed by atoms with E-state index in [1.54, 1.807) is 25.6 Å². The summed E-state index contributed by atoms with van der Waals surface area (Å²) in [7, 11) is 3.34. The summed E-state index contributed by atoms with van der Waals surface area (Å²) in [6.07, 6.45) is 1.88. The van der Waals surface area contributed by atoms with Crippen molar-refractivity contribution in [3.05, 3.63) is 70.4 Å². The molecule has 1 heterocycles. The van der Waals surface area contributed by atoms with E-state index < -0.39 is 0 Å². The first-order chi connectivity index (χ1) is 13.1. The predicted octanol–water partition coefficient (Wildman–Crippen LogP) is 5.27. The fraction of sp³-hybridized carbons (Fsp3) is 0.227. The summed E-state index contributed by atoms with van der Waals surface area (Å²) in [6.45, 7) is 8.73. The highest BCUT2D eigenvalue weighted by atomic mass is 32.1. The first-order valence-electron chi connectivity index (χ1n) is 8.71. The number of aryl methyl sites for hydroxylation is 2. The van der Waals surface area contributed by atoms with Gasteiger partial charge in [-0.15, -0.1) is 17.9 Å². The van der Waals surface area contributed by atoms with Crippen LogP contribution < -0.4 is 14.3 Å². The van der Waals surface area contributed by atoms with Gasteiger partial charge in [0, 0.05) is 17.5 Å². The predicted molar refractivity (Wildman–Crippen MR) is 112 cm³/mol. The van der Waals surface area contributed by atoms with Crippen LogP contribution in [0.4, 0.5) is 5.69 Å². The summed E-state index contributed by atoms with van der Waals surface area (Å²) < 4.78 is 13.1. The molecular weight excluding hydrogens is 356 g/mol. The lowest BCUT2D eigenvalue weighted by atomic mass is 10.1. The summed E-state index contributed by atoms with van der Waals surface area (Å²) in [6, 6.07) is 12.1. The molecule has 0 unspecified atom stereocenters. The standard InChI is InChI=1S/C22H24N2O2S/c1-6-11-24-20(18-13-17(25-4)9-10-21(18)26-5)14-27-22(24)23-19-12-15(2)7-8-16(19)3/h6-10,12-14H,1,11H2,2-5H3. The van der Waals surface area contributed by atoms with Crippen LogP contribution in [-0.2, 0) is 6.54 Å². The zero-order valence-corrected chi connectivity index (χ0v) is 17.0. The molecule has 3 aromatic rings. The number of methoxy groups -OCH3 is 2. The molecule has 0 saturated carbocycles. The molecule has 1 aromatic heterocycles. The molecule has 5 heteroatoms. The quantitative estimate of drug-likeness (QED) is 0.546. The highest BCUT2D eigenvalue weighted by Gasteiger charge is 2.14. The van der Waals surface area contributed by atoms with E-state index in [1.165, 1.54) is 5.56 Å². The molecule has 0 amide bonds. The number of hydrogen-bond donors (Lipinski definition) is 0. The smallest absolute Gasteiger partial charge is 0.190 e. The summed E-state index contributed by atoms with van der Waals surface area (Å²) >= 11 is 1.61. The molecule has 27 heavy (non-hydrogen) atoms. The van der Waals surface area contributed by atoms with Gasteiger partial charge in [-0.1, -0.05) is 18.2 Å². The Hall–Kier alpha value is -2.79. The van der Waals surface area contributed by atoms with Crippen LogP contribution in [0.3, 0.4) is 0 Å². The van der Waals surface area contributed by atoms with Crippen LogP contribution in [0.15, 0.2) is 59.4 Å². The molecule has 0 saturated heterocycles. The number of ether oxygens (including phenoxy) is 2. The average molecular weight is 381 g/mol. The molecular formula is C22H24N2O2S. The summed E-state index contributed by atoms with van der Waals surface area (Å²) in [5.41, 5.74) is 5.33. The molecule has 0 bridgehead atoms. The Balaban J connectivity index is 2.22. The first-order valence-corrected chi connectivity index (χ1v) is 9.59. The minimum atomic E-state index is 0.656. The van der Waals surface area contributed by atoms with Crippen molar-refractivity contribution in [2.24, 2.45) is 4.99 Å². The minimum absolute atomic E-state index is 0.656. The largest absolute Gasteiger partial charge is 0.497 e. The number of hydrogen-bond acceptors (Lipinski definition) is 4. The fourth-order valence-corrected chi connectivity index (χ4v) is 3.82. The van der Waals surface area contributed by atoms with Gasteiger partial charge in [-0.25, -0.2) is 4.99 Å². The van der Waals surface area contributed by atoms with Crippen molar-refractivity contribution in [2.45, 2.75) is 20.4 Å². The highest BCUT2D eigenvalue weighted by molar-refractivity contribution is 7.07. The maximum atomic E-state index is 5.57. The summed E-state index contributed by atoms with van der Waals surface area (Å²) in [5.74, 6) is 1.58. The second-order valence-electron chi connectivity index (χ2n) is 6.27. The second-order valence-corrected chi connectivity index (χ2v) is 7.11. The maximum Gasteiger partial charge on any atom is 0.190 e. The summed E-state index contributed by atoms with van der Waals surface area (Å²) in [5, 5.41) is 2.10.